The van der Waals surface area contributed by atoms with E-state index in [1.54, 1.807) is 7.11 Å². The number of methoxy groups -OCH3 is 1. The van der Waals surface area contributed by atoms with Gasteiger partial charge in [0.15, 0.2) is 0 Å². The minimum atomic E-state index is 0.211. The Kier molecular flexibility index (Phi) is 4.68. The maximum atomic E-state index is 6.05. The second kappa shape index (κ2) is 6.29. The summed E-state index contributed by atoms with van der Waals surface area (Å²) >= 11 is 6.05. The van der Waals surface area contributed by atoms with Crippen LogP contribution in [0.4, 0.5) is 11.6 Å². The van der Waals surface area contributed by atoms with Crippen LogP contribution in [0.25, 0.3) is 0 Å². The van der Waals surface area contributed by atoms with E-state index in [-0.39, 0.29) is 6.04 Å². The Morgan fingerprint density at radius 3 is 2.85 bits per heavy atom. The lowest BCUT2D eigenvalue weighted by molar-refractivity contribution is 0.163. The van der Waals surface area contributed by atoms with Gasteiger partial charge in [0.05, 0.1) is 18.3 Å². The SMILES string of the molecule is COCC(C)n1cc(C)nc1Nc1cc(Cl)ccc1C. The van der Waals surface area contributed by atoms with Crippen molar-refractivity contribution in [1.82, 2.24) is 9.55 Å². The Bertz CT molecular complexity index is 595. The van der Waals surface area contributed by atoms with Crippen molar-refractivity contribution in [3.63, 3.8) is 0 Å². The number of aromatic nitrogens is 2. The third kappa shape index (κ3) is 3.32. The van der Waals surface area contributed by atoms with Crippen LogP contribution in [0.15, 0.2) is 24.4 Å². The van der Waals surface area contributed by atoms with Crippen molar-refractivity contribution in [3.8, 4) is 0 Å². The van der Waals surface area contributed by atoms with Crippen molar-refractivity contribution in [2.75, 3.05) is 19.0 Å². The van der Waals surface area contributed by atoms with Gasteiger partial charge in [0.25, 0.3) is 0 Å². The maximum absolute atomic E-state index is 6.05. The summed E-state index contributed by atoms with van der Waals surface area (Å²) in [6, 6.07) is 5.99. The summed E-state index contributed by atoms with van der Waals surface area (Å²) < 4.78 is 7.30. The van der Waals surface area contributed by atoms with Crippen LogP contribution in [-0.4, -0.2) is 23.3 Å². The molecule has 0 aliphatic carbocycles. The van der Waals surface area contributed by atoms with Gasteiger partial charge in [-0.05, 0) is 38.5 Å². The largest absolute Gasteiger partial charge is 0.383 e. The molecule has 0 aliphatic heterocycles. The summed E-state index contributed by atoms with van der Waals surface area (Å²) in [6.07, 6.45) is 2.02. The molecule has 0 radical (unpaired) electrons. The minimum absolute atomic E-state index is 0.211. The van der Waals surface area contributed by atoms with Crippen LogP contribution in [0.5, 0.6) is 0 Å². The Morgan fingerprint density at radius 1 is 1.40 bits per heavy atom. The third-order valence-electron chi connectivity index (χ3n) is 3.18. The first-order valence-electron chi connectivity index (χ1n) is 6.59. The number of hydrogen-bond donors (Lipinski definition) is 1. The van der Waals surface area contributed by atoms with Crippen LogP contribution < -0.4 is 5.32 Å². The molecule has 2 rings (SSSR count). The molecule has 0 fully saturated rings. The highest BCUT2D eigenvalue weighted by Crippen LogP contribution is 2.25. The topological polar surface area (TPSA) is 39.1 Å². The van der Waals surface area contributed by atoms with Gasteiger partial charge in [-0.25, -0.2) is 4.98 Å². The fourth-order valence-corrected chi connectivity index (χ4v) is 2.29. The summed E-state index contributed by atoms with van der Waals surface area (Å²) in [7, 11) is 1.70. The van der Waals surface area contributed by atoms with Crippen LogP contribution in [-0.2, 0) is 4.74 Å². The summed E-state index contributed by atoms with van der Waals surface area (Å²) in [4.78, 5) is 4.53. The molecule has 0 aliphatic rings. The molecule has 4 nitrogen and oxygen atoms in total. The maximum Gasteiger partial charge on any atom is 0.207 e. The molecule has 1 atom stereocenters. The van der Waals surface area contributed by atoms with Crippen molar-refractivity contribution < 1.29 is 4.74 Å². The molecule has 0 spiro atoms. The number of imidazole rings is 1. The number of nitrogens with one attached hydrogen (secondary N) is 1. The number of anilines is 2. The van der Waals surface area contributed by atoms with E-state index in [0.29, 0.717) is 11.6 Å². The molecular formula is C15H20ClN3O. The summed E-state index contributed by atoms with van der Waals surface area (Å²) in [5.41, 5.74) is 3.06. The molecule has 0 amide bonds. The molecule has 1 aromatic heterocycles. The Balaban J connectivity index is 2.31. The first-order chi connectivity index (χ1) is 9.51. The highest BCUT2D eigenvalue weighted by Gasteiger charge is 2.13. The Labute approximate surface area is 124 Å². The van der Waals surface area contributed by atoms with Crippen molar-refractivity contribution >= 4 is 23.2 Å². The van der Waals surface area contributed by atoms with Crippen LogP contribution in [0.3, 0.4) is 0 Å². The van der Waals surface area contributed by atoms with E-state index in [4.69, 9.17) is 16.3 Å². The van der Waals surface area contributed by atoms with Crippen molar-refractivity contribution in [2.24, 2.45) is 0 Å². The van der Waals surface area contributed by atoms with Crippen LogP contribution in [0, 0.1) is 13.8 Å². The van der Waals surface area contributed by atoms with Gasteiger partial charge in [-0.2, -0.15) is 0 Å². The quantitative estimate of drug-likeness (QED) is 0.902. The number of benzene rings is 1. The van der Waals surface area contributed by atoms with E-state index in [0.717, 1.165) is 22.9 Å². The molecule has 20 heavy (non-hydrogen) atoms. The molecular weight excluding hydrogens is 274 g/mol. The Morgan fingerprint density at radius 2 is 2.15 bits per heavy atom. The first kappa shape index (κ1) is 14.9. The molecule has 1 heterocycles. The van der Waals surface area contributed by atoms with Gasteiger partial charge in [-0.15, -0.1) is 0 Å². The summed E-state index contributed by atoms with van der Waals surface area (Å²) in [6.45, 7) is 6.75. The standard InChI is InChI=1S/C15H20ClN3O/c1-10-5-6-13(16)7-14(10)18-15-17-11(2)8-19(15)12(3)9-20-4/h5-8,12H,9H2,1-4H3,(H,17,18). The zero-order valence-corrected chi connectivity index (χ0v) is 13.0. The van der Waals surface area contributed by atoms with Gasteiger partial charge in [0, 0.05) is 24.0 Å². The lowest BCUT2D eigenvalue weighted by Gasteiger charge is -2.17. The predicted octanol–water partition coefficient (Wildman–Crippen LogP) is 4.10. The number of halogens is 1. The molecule has 1 unspecified atom stereocenters. The van der Waals surface area contributed by atoms with Crippen molar-refractivity contribution in [3.05, 3.63) is 40.7 Å². The molecule has 2 aromatic rings. The van der Waals surface area contributed by atoms with E-state index >= 15 is 0 Å². The van der Waals surface area contributed by atoms with Gasteiger partial charge in [-0.3, -0.25) is 0 Å². The summed E-state index contributed by atoms with van der Waals surface area (Å²) in [5, 5.41) is 4.06. The first-order valence-corrected chi connectivity index (χ1v) is 6.96. The van der Waals surface area contributed by atoms with E-state index < -0.39 is 0 Å². The van der Waals surface area contributed by atoms with Gasteiger partial charge >= 0.3 is 0 Å². The fraction of sp³-hybridized carbons (Fsp3) is 0.400. The van der Waals surface area contributed by atoms with Gasteiger partial charge in [-0.1, -0.05) is 17.7 Å². The van der Waals surface area contributed by atoms with Gasteiger partial charge < -0.3 is 14.6 Å². The van der Waals surface area contributed by atoms with Gasteiger partial charge in [0.2, 0.25) is 5.95 Å². The summed E-state index contributed by atoms with van der Waals surface area (Å²) in [5.74, 6) is 0.803. The van der Waals surface area contributed by atoms with Crippen molar-refractivity contribution in [1.29, 1.82) is 0 Å². The second-order valence-electron chi connectivity index (χ2n) is 5.00. The Hall–Kier alpha value is -1.52. The number of hydrogen-bond acceptors (Lipinski definition) is 3. The average Bonchev–Trinajstić information content (AvgIpc) is 2.75. The zero-order valence-electron chi connectivity index (χ0n) is 12.3. The number of ether oxygens (including phenoxy) is 1. The van der Waals surface area contributed by atoms with Gasteiger partial charge in [0.1, 0.15) is 0 Å². The second-order valence-corrected chi connectivity index (χ2v) is 5.44. The molecule has 5 heteroatoms. The van der Waals surface area contributed by atoms with Crippen molar-refractivity contribution in [2.45, 2.75) is 26.8 Å². The van der Waals surface area contributed by atoms with E-state index in [2.05, 4.69) is 21.8 Å². The highest BCUT2D eigenvalue weighted by molar-refractivity contribution is 6.30. The lowest BCUT2D eigenvalue weighted by Crippen LogP contribution is -2.13. The van der Waals surface area contributed by atoms with Crippen LogP contribution >= 0.6 is 11.6 Å². The average molecular weight is 294 g/mol. The molecule has 0 bridgehead atoms. The smallest absolute Gasteiger partial charge is 0.207 e. The van der Waals surface area contributed by atoms with Crippen LogP contribution in [0.2, 0.25) is 5.02 Å². The molecule has 1 N–H and O–H groups in total. The van der Waals surface area contributed by atoms with E-state index in [9.17, 15) is 0 Å². The van der Waals surface area contributed by atoms with E-state index in [1.165, 1.54) is 0 Å². The number of rotatable bonds is 5. The molecule has 108 valence electrons. The normalized spacial score (nSPS) is 12.4. The molecule has 0 saturated heterocycles. The number of nitrogens with zero attached hydrogens (tertiary/aromatic N) is 2. The molecule has 0 saturated carbocycles. The predicted molar refractivity (Wildman–Crippen MR) is 83.0 cm³/mol. The zero-order chi connectivity index (χ0) is 14.7. The lowest BCUT2D eigenvalue weighted by atomic mass is 10.2. The molecule has 1 aromatic carbocycles. The fourth-order valence-electron chi connectivity index (χ4n) is 2.12. The minimum Gasteiger partial charge on any atom is -0.383 e. The monoisotopic (exact) mass is 293 g/mol. The highest BCUT2D eigenvalue weighted by atomic mass is 35.5. The van der Waals surface area contributed by atoms with Crippen LogP contribution in [0.1, 0.15) is 24.2 Å². The van der Waals surface area contributed by atoms with E-state index in [1.807, 2.05) is 38.2 Å². The number of aryl methyl sites for hydroxylation is 2. The third-order valence-corrected chi connectivity index (χ3v) is 3.42.